The standard InChI is InChI=1S/C17H17F2N3O3S.ClH/c1-25-15(24)11-4-2-3-10(5-11)6-12-8-20-16(26-12)22-14(23)13-7-17(18,19)9-21-13;/h2-5,8,13,21H,6-7,9H2,1H3,(H,20,22,23);1H. The fourth-order valence-electron chi connectivity index (χ4n) is 2.67. The maximum atomic E-state index is 13.2. The maximum absolute atomic E-state index is 13.2. The van der Waals surface area contributed by atoms with E-state index < -0.39 is 36.8 Å². The number of esters is 1. The SMILES string of the molecule is COC(=O)c1cccc(Cc2cnc(NC(=O)C3CC(F)(F)CN3)s2)c1.Cl. The van der Waals surface area contributed by atoms with Crippen molar-refractivity contribution in [2.45, 2.75) is 24.8 Å². The molecule has 6 nitrogen and oxygen atoms in total. The predicted octanol–water partition coefficient (Wildman–Crippen LogP) is 2.88. The molecule has 2 N–H and O–H groups in total. The van der Waals surface area contributed by atoms with Gasteiger partial charge in [0.25, 0.3) is 5.92 Å². The first kappa shape index (κ1) is 21.2. The number of nitrogens with one attached hydrogen (secondary N) is 2. The van der Waals surface area contributed by atoms with Gasteiger partial charge in [-0.2, -0.15) is 0 Å². The third-order valence-electron chi connectivity index (χ3n) is 3.94. The van der Waals surface area contributed by atoms with Crippen molar-refractivity contribution in [3.05, 3.63) is 46.5 Å². The van der Waals surface area contributed by atoms with E-state index in [9.17, 15) is 18.4 Å². The molecule has 3 rings (SSSR count). The number of benzene rings is 1. The second kappa shape index (κ2) is 8.73. The average Bonchev–Trinajstić information content (AvgIpc) is 3.20. The summed E-state index contributed by atoms with van der Waals surface area (Å²) >= 11 is 1.26. The van der Waals surface area contributed by atoms with E-state index in [1.165, 1.54) is 18.4 Å². The van der Waals surface area contributed by atoms with Crippen LogP contribution in [0, 0.1) is 0 Å². The van der Waals surface area contributed by atoms with Crippen LogP contribution in [0.1, 0.15) is 27.2 Å². The molecule has 1 aliphatic heterocycles. The molecule has 1 amide bonds. The Morgan fingerprint density at radius 1 is 1.44 bits per heavy atom. The van der Waals surface area contributed by atoms with Crippen molar-refractivity contribution >= 4 is 40.8 Å². The number of rotatable bonds is 5. The molecule has 0 aliphatic carbocycles. The van der Waals surface area contributed by atoms with Crippen LogP contribution < -0.4 is 10.6 Å². The lowest BCUT2D eigenvalue weighted by molar-refractivity contribution is -0.118. The molecular formula is C17H18ClF2N3O3S. The van der Waals surface area contributed by atoms with Crippen molar-refractivity contribution in [3.63, 3.8) is 0 Å². The zero-order valence-electron chi connectivity index (χ0n) is 14.3. The van der Waals surface area contributed by atoms with E-state index in [0.717, 1.165) is 10.4 Å². The van der Waals surface area contributed by atoms with Crippen LogP contribution >= 0.6 is 23.7 Å². The van der Waals surface area contributed by atoms with E-state index >= 15 is 0 Å². The predicted molar refractivity (Wildman–Crippen MR) is 99.9 cm³/mol. The van der Waals surface area contributed by atoms with E-state index in [2.05, 4.69) is 15.6 Å². The highest BCUT2D eigenvalue weighted by Gasteiger charge is 2.42. The van der Waals surface area contributed by atoms with Crippen LogP contribution in [0.4, 0.5) is 13.9 Å². The molecule has 2 heterocycles. The summed E-state index contributed by atoms with van der Waals surface area (Å²) in [7, 11) is 1.32. The minimum Gasteiger partial charge on any atom is -0.465 e. The number of methoxy groups -OCH3 is 1. The van der Waals surface area contributed by atoms with Gasteiger partial charge in [-0.3, -0.25) is 10.1 Å². The lowest BCUT2D eigenvalue weighted by Gasteiger charge is -2.09. The zero-order valence-corrected chi connectivity index (χ0v) is 16.0. The number of ether oxygens (including phenoxy) is 1. The van der Waals surface area contributed by atoms with E-state index in [4.69, 9.17) is 4.74 Å². The van der Waals surface area contributed by atoms with Crippen molar-refractivity contribution in [2.75, 3.05) is 19.0 Å². The van der Waals surface area contributed by atoms with Gasteiger partial charge in [-0.05, 0) is 17.7 Å². The average molecular weight is 418 g/mol. The molecule has 1 saturated heterocycles. The lowest BCUT2D eigenvalue weighted by atomic mass is 10.1. The van der Waals surface area contributed by atoms with Crippen molar-refractivity contribution in [1.29, 1.82) is 0 Å². The van der Waals surface area contributed by atoms with Crippen molar-refractivity contribution < 1.29 is 23.1 Å². The minimum atomic E-state index is -2.86. The van der Waals surface area contributed by atoms with E-state index in [0.29, 0.717) is 17.1 Å². The van der Waals surface area contributed by atoms with Gasteiger partial charge in [0.15, 0.2) is 5.13 Å². The number of amides is 1. The molecular weight excluding hydrogens is 400 g/mol. The number of carbonyl (C=O) groups excluding carboxylic acids is 2. The van der Waals surface area contributed by atoms with Crippen LogP contribution in [0.25, 0.3) is 0 Å². The molecule has 0 spiro atoms. The number of aromatic nitrogens is 1. The fourth-order valence-corrected chi connectivity index (χ4v) is 3.52. The second-order valence-electron chi connectivity index (χ2n) is 5.98. The first-order valence-electron chi connectivity index (χ1n) is 7.90. The first-order chi connectivity index (χ1) is 12.4. The van der Waals surface area contributed by atoms with E-state index in [1.54, 1.807) is 24.4 Å². The largest absolute Gasteiger partial charge is 0.465 e. The number of alkyl halides is 2. The molecule has 0 saturated carbocycles. The second-order valence-corrected chi connectivity index (χ2v) is 7.10. The summed E-state index contributed by atoms with van der Waals surface area (Å²) in [5.74, 6) is -3.79. The molecule has 1 aliphatic rings. The van der Waals surface area contributed by atoms with Gasteiger partial charge in [-0.15, -0.1) is 23.7 Å². The Morgan fingerprint density at radius 2 is 2.22 bits per heavy atom. The van der Waals surface area contributed by atoms with Gasteiger partial charge in [0.2, 0.25) is 5.91 Å². The van der Waals surface area contributed by atoms with Crippen molar-refractivity contribution in [3.8, 4) is 0 Å². The van der Waals surface area contributed by atoms with Crippen LogP contribution in [0.15, 0.2) is 30.5 Å². The third kappa shape index (κ3) is 5.44. The molecule has 1 atom stereocenters. The van der Waals surface area contributed by atoms with Crippen LogP contribution in [-0.4, -0.2) is 42.5 Å². The number of carbonyl (C=O) groups is 2. The summed E-state index contributed by atoms with van der Waals surface area (Å²) in [5, 5.41) is 5.42. The molecule has 0 radical (unpaired) electrons. The van der Waals surface area contributed by atoms with Crippen molar-refractivity contribution in [1.82, 2.24) is 10.3 Å². The van der Waals surface area contributed by atoms with Crippen LogP contribution in [0.2, 0.25) is 0 Å². The van der Waals surface area contributed by atoms with Gasteiger partial charge in [-0.1, -0.05) is 12.1 Å². The molecule has 10 heteroatoms. The van der Waals surface area contributed by atoms with E-state index in [-0.39, 0.29) is 12.4 Å². The molecule has 146 valence electrons. The Labute approximate surface area is 164 Å². The topological polar surface area (TPSA) is 80.3 Å². The molecule has 2 aromatic rings. The summed E-state index contributed by atoms with van der Waals surface area (Å²) in [6, 6.07) is 6.10. The van der Waals surface area contributed by atoms with Gasteiger partial charge < -0.3 is 10.1 Å². The van der Waals surface area contributed by atoms with Gasteiger partial charge in [0.1, 0.15) is 0 Å². The number of halogens is 3. The fraction of sp³-hybridized carbons (Fsp3) is 0.353. The highest BCUT2D eigenvalue weighted by molar-refractivity contribution is 7.15. The summed E-state index contributed by atoms with van der Waals surface area (Å²) in [4.78, 5) is 28.6. The maximum Gasteiger partial charge on any atom is 0.337 e. The van der Waals surface area contributed by atoms with E-state index in [1.807, 2.05) is 6.07 Å². The molecule has 27 heavy (non-hydrogen) atoms. The molecule has 0 bridgehead atoms. The Bertz CT molecular complexity index is 831. The highest BCUT2D eigenvalue weighted by Crippen LogP contribution is 2.27. The van der Waals surface area contributed by atoms with Crippen molar-refractivity contribution in [2.24, 2.45) is 0 Å². The zero-order chi connectivity index (χ0) is 18.7. The summed E-state index contributed by atoms with van der Waals surface area (Å²) in [5.41, 5.74) is 1.35. The number of hydrogen-bond acceptors (Lipinski definition) is 6. The summed E-state index contributed by atoms with van der Waals surface area (Å²) < 4.78 is 31.0. The monoisotopic (exact) mass is 417 g/mol. The quantitative estimate of drug-likeness (QED) is 0.731. The molecule has 1 fully saturated rings. The number of hydrogen-bond donors (Lipinski definition) is 2. The Balaban J connectivity index is 0.00000261. The van der Waals surface area contributed by atoms with Gasteiger partial charge >= 0.3 is 5.97 Å². The summed E-state index contributed by atoms with van der Waals surface area (Å²) in [6.45, 7) is -0.495. The third-order valence-corrected chi connectivity index (χ3v) is 4.85. The highest BCUT2D eigenvalue weighted by atomic mass is 35.5. The molecule has 1 aromatic heterocycles. The van der Waals surface area contributed by atoms with Gasteiger partial charge in [-0.25, -0.2) is 18.6 Å². The number of anilines is 1. The van der Waals surface area contributed by atoms with Gasteiger partial charge in [0.05, 0.1) is 25.3 Å². The molecule has 1 aromatic carbocycles. The van der Waals surface area contributed by atoms with Gasteiger partial charge in [0, 0.05) is 23.9 Å². The normalized spacial score (nSPS) is 17.8. The van der Waals surface area contributed by atoms with Crippen LogP contribution in [0.3, 0.4) is 0 Å². The van der Waals surface area contributed by atoms with Crippen LogP contribution in [0.5, 0.6) is 0 Å². The van der Waals surface area contributed by atoms with Crippen LogP contribution in [-0.2, 0) is 16.0 Å². The Hall–Kier alpha value is -2.10. The minimum absolute atomic E-state index is 0. The smallest absolute Gasteiger partial charge is 0.337 e. The Kier molecular flexibility index (Phi) is 6.85. The lowest BCUT2D eigenvalue weighted by Crippen LogP contribution is -2.35. The first-order valence-corrected chi connectivity index (χ1v) is 8.72. The number of nitrogens with zero attached hydrogens (tertiary/aromatic N) is 1. The Morgan fingerprint density at radius 3 is 2.89 bits per heavy atom. The summed E-state index contributed by atoms with van der Waals surface area (Å²) in [6.07, 6.45) is 1.62. The molecule has 1 unspecified atom stereocenters. The number of thiazole rings is 1.